The first-order valence-electron chi connectivity index (χ1n) is 10.8. The van der Waals surface area contributed by atoms with Gasteiger partial charge < -0.3 is 14.8 Å². The summed E-state index contributed by atoms with van der Waals surface area (Å²) in [5.41, 5.74) is 2.57. The van der Waals surface area contributed by atoms with Gasteiger partial charge in [-0.1, -0.05) is 11.6 Å². The molecule has 1 aliphatic rings. The molecule has 0 spiro atoms. The highest BCUT2D eigenvalue weighted by Gasteiger charge is 2.39. The highest BCUT2D eigenvalue weighted by molar-refractivity contribution is 6.36. The zero-order valence-corrected chi connectivity index (χ0v) is 19.1. The number of fused-ring (bicyclic) bond motifs is 2. The summed E-state index contributed by atoms with van der Waals surface area (Å²) in [6.07, 6.45) is 6.58. The van der Waals surface area contributed by atoms with Crippen molar-refractivity contribution >= 4 is 33.7 Å². The Kier molecular flexibility index (Phi) is 4.62. The van der Waals surface area contributed by atoms with E-state index in [0.717, 1.165) is 5.56 Å². The minimum absolute atomic E-state index is 0.0158. The molecule has 0 unspecified atom stereocenters. The second-order valence-corrected chi connectivity index (χ2v) is 9.34. The molecule has 0 atom stereocenters. The third-order valence-electron chi connectivity index (χ3n) is 6.14. The standard InChI is InChI=1S/C24H20ClFN6O2/c1-12-29-16-4-6-19(21(26)23(16)30-12)34-18-5-3-15-22(20(18)25)31-17(10-27-15)13-9-28-32(11-13)14-7-24(2,33)8-14/h3-6,9-11,14,33H,7-8H2,1-2H3,(H,29,30). The summed E-state index contributed by atoms with van der Waals surface area (Å²) in [5.74, 6) is 0.323. The molecule has 2 N–H and O–H groups in total. The quantitative estimate of drug-likeness (QED) is 0.361. The van der Waals surface area contributed by atoms with Gasteiger partial charge in [0, 0.05) is 11.8 Å². The fraction of sp³-hybridized carbons (Fsp3) is 0.250. The van der Waals surface area contributed by atoms with Gasteiger partial charge in [0.2, 0.25) is 0 Å². The molecule has 8 nitrogen and oxygen atoms in total. The molecule has 3 heterocycles. The lowest BCUT2D eigenvalue weighted by atomic mass is 9.77. The second-order valence-electron chi connectivity index (χ2n) is 8.97. The summed E-state index contributed by atoms with van der Waals surface area (Å²) in [7, 11) is 0. The maximum Gasteiger partial charge on any atom is 0.193 e. The number of aliphatic hydroxyl groups is 1. The SMILES string of the molecule is Cc1nc2c(F)c(Oc3ccc4ncc(-c5cnn(C6CC(C)(O)C6)c5)nc4c3Cl)ccc2[nH]1. The minimum Gasteiger partial charge on any atom is -0.453 e. The maximum absolute atomic E-state index is 14.9. The van der Waals surface area contributed by atoms with Crippen LogP contribution in [0.15, 0.2) is 42.9 Å². The summed E-state index contributed by atoms with van der Waals surface area (Å²) < 4.78 is 22.6. The van der Waals surface area contributed by atoms with E-state index in [0.29, 0.717) is 40.9 Å². The first-order valence-corrected chi connectivity index (χ1v) is 11.2. The van der Waals surface area contributed by atoms with Crippen LogP contribution in [0.5, 0.6) is 11.5 Å². The highest BCUT2D eigenvalue weighted by atomic mass is 35.5. The van der Waals surface area contributed by atoms with Gasteiger partial charge in [-0.05, 0) is 51.0 Å². The Hall–Kier alpha value is -3.56. The van der Waals surface area contributed by atoms with Crippen molar-refractivity contribution in [2.75, 3.05) is 0 Å². The Morgan fingerprint density at radius 1 is 1.15 bits per heavy atom. The van der Waals surface area contributed by atoms with Crippen LogP contribution in [-0.2, 0) is 0 Å². The van der Waals surface area contributed by atoms with Crippen molar-refractivity contribution in [2.45, 2.75) is 38.3 Å². The number of ether oxygens (including phenoxy) is 1. The second kappa shape index (κ2) is 7.48. The molecule has 10 heteroatoms. The molecule has 0 radical (unpaired) electrons. The van der Waals surface area contributed by atoms with Crippen molar-refractivity contribution in [2.24, 2.45) is 0 Å². The van der Waals surface area contributed by atoms with Gasteiger partial charge in [0.05, 0.1) is 40.8 Å². The van der Waals surface area contributed by atoms with Gasteiger partial charge in [-0.25, -0.2) is 14.4 Å². The van der Waals surface area contributed by atoms with E-state index in [2.05, 4.69) is 25.0 Å². The van der Waals surface area contributed by atoms with E-state index in [1.807, 2.05) is 17.8 Å². The van der Waals surface area contributed by atoms with E-state index in [9.17, 15) is 9.50 Å². The van der Waals surface area contributed by atoms with E-state index < -0.39 is 11.4 Å². The number of aromatic amines is 1. The van der Waals surface area contributed by atoms with Crippen LogP contribution in [-0.4, -0.2) is 40.4 Å². The van der Waals surface area contributed by atoms with Crippen LogP contribution in [0.25, 0.3) is 33.3 Å². The monoisotopic (exact) mass is 478 g/mol. The highest BCUT2D eigenvalue weighted by Crippen LogP contribution is 2.41. The smallest absolute Gasteiger partial charge is 0.193 e. The van der Waals surface area contributed by atoms with Crippen molar-refractivity contribution in [3.63, 3.8) is 0 Å². The summed E-state index contributed by atoms with van der Waals surface area (Å²) in [6.45, 7) is 3.58. The molecular weight excluding hydrogens is 459 g/mol. The summed E-state index contributed by atoms with van der Waals surface area (Å²) in [4.78, 5) is 16.3. The predicted octanol–water partition coefficient (Wildman–Crippen LogP) is 5.35. The van der Waals surface area contributed by atoms with Crippen molar-refractivity contribution in [1.82, 2.24) is 29.7 Å². The minimum atomic E-state index is -0.635. The molecular formula is C24H20ClFN6O2. The lowest BCUT2D eigenvalue weighted by molar-refractivity contribution is -0.0543. The van der Waals surface area contributed by atoms with Crippen molar-refractivity contribution in [1.29, 1.82) is 0 Å². The lowest BCUT2D eigenvalue weighted by Crippen LogP contribution is -2.42. The Morgan fingerprint density at radius 3 is 2.74 bits per heavy atom. The van der Waals surface area contributed by atoms with Gasteiger partial charge in [-0.2, -0.15) is 5.10 Å². The number of aromatic nitrogens is 6. The van der Waals surface area contributed by atoms with Crippen LogP contribution >= 0.6 is 11.6 Å². The molecule has 0 amide bonds. The molecule has 0 aliphatic heterocycles. The number of halogens is 2. The summed E-state index contributed by atoms with van der Waals surface area (Å²) in [5, 5.41) is 14.7. The Labute approximate surface area is 198 Å². The van der Waals surface area contributed by atoms with Gasteiger partial charge >= 0.3 is 0 Å². The lowest BCUT2D eigenvalue weighted by Gasteiger charge is -2.40. The van der Waals surface area contributed by atoms with E-state index in [-0.39, 0.29) is 28.1 Å². The number of benzene rings is 2. The normalized spacial score (nSPS) is 20.1. The maximum atomic E-state index is 14.9. The fourth-order valence-electron chi connectivity index (χ4n) is 4.40. The van der Waals surface area contributed by atoms with Gasteiger partial charge in [0.15, 0.2) is 11.6 Å². The Balaban J connectivity index is 1.33. The van der Waals surface area contributed by atoms with Crippen LogP contribution < -0.4 is 4.74 Å². The van der Waals surface area contributed by atoms with Gasteiger partial charge in [0.1, 0.15) is 27.6 Å². The van der Waals surface area contributed by atoms with Gasteiger partial charge in [-0.15, -0.1) is 0 Å². The zero-order chi connectivity index (χ0) is 23.6. The van der Waals surface area contributed by atoms with Crippen molar-refractivity contribution < 1.29 is 14.2 Å². The number of hydrogen-bond acceptors (Lipinski definition) is 6. The van der Waals surface area contributed by atoms with E-state index >= 15 is 0 Å². The first-order chi connectivity index (χ1) is 16.3. The topological polar surface area (TPSA) is 102 Å². The third-order valence-corrected chi connectivity index (χ3v) is 6.50. The average molecular weight is 479 g/mol. The Bertz CT molecular complexity index is 1570. The van der Waals surface area contributed by atoms with E-state index in [4.69, 9.17) is 16.3 Å². The number of nitrogens with one attached hydrogen (secondary N) is 1. The molecule has 6 rings (SSSR count). The van der Waals surface area contributed by atoms with Crippen LogP contribution in [0.3, 0.4) is 0 Å². The molecule has 1 aliphatic carbocycles. The van der Waals surface area contributed by atoms with E-state index in [1.54, 1.807) is 37.5 Å². The number of H-pyrrole nitrogens is 1. The van der Waals surface area contributed by atoms with Crippen LogP contribution in [0.4, 0.5) is 4.39 Å². The van der Waals surface area contributed by atoms with E-state index in [1.165, 1.54) is 6.07 Å². The van der Waals surface area contributed by atoms with Crippen molar-refractivity contribution in [3.8, 4) is 22.8 Å². The number of nitrogens with zero attached hydrogens (tertiary/aromatic N) is 5. The molecule has 34 heavy (non-hydrogen) atoms. The molecule has 3 aromatic heterocycles. The van der Waals surface area contributed by atoms with Gasteiger partial charge in [-0.3, -0.25) is 9.67 Å². The molecule has 2 aromatic carbocycles. The number of imidazole rings is 1. The molecule has 1 saturated carbocycles. The zero-order valence-electron chi connectivity index (χ0n) is 18.4. The molecule has 0 saturated heterocycles. The number of aryl methyl sites for hydroxylation is 1. The Morgan fingerprint density at radius 2 is 1.94 bits per heavy atom. The summed E-state index contributed by atoms with van der Waals surface area (Å²) >= 11 is 6.62. The van der Waals surface area contributed by atoms with Gasteiger partial charge in [0.25, 0.3) is 0 Å². The number of rotatable bonds is 4. The van der Waals surface area contributed by atoms with Crippen LogP contribution in [0.1, 0.15) is 31.6 Å². The van der Waals surface area contributed by atoms with Crippen LogP contribution in [0, 0.1) is 12.7 Å². The summed E-state index contributed by atoms with van der Waals surface area (Å²) in [6, 6.07) is 6.76. The molecule has 1 fully saturated rings. The van der Waals surface area contributed by atoms with Crippen molar-refractivity contribution in [3.05, 3.63) is 59.5 Å². The molecule has 172 valence electrons. The molecule has 5 aromatic rings. The first kappa shape index (κ1) is 21.0. The van der Waals surface area contributed by atoms with Crippen LogP contribution in [0.2, 0.25) is 5.02 Å². The average Bonchev–Trinajstić information content (AvgIpc) is 3.42. The largest absolute Gasteiger partial charge is 0.453 e. The predicted molar refractivity (Wildman–Crippen MR) is 126 cm³/mol. The fourth-order valence-corrected chi connectivity index (χ4v) is 4.64. The number of hydrogen-bond donors (Lipinski definition) is 2. The molecule has 0 bridgehead atoms. The third kappa shape index (κ3) is 3.48.